The fourth-order valence-electron chi connectivity index (χ4n) is 2.84. The Labute approximate surface area is 135 Å². The van der Waals surface area contributed by atoms with Gasteiger partial charge in [0, 0.05) is 38.9 Å². The maximum atomic E-state index is 13.2. The monoisotopic (exact) mass is 316 g/mol. The molecule has 122 valence electrons. The summed E-state index contributed by atoms with van der Waals surface area (Å²) in [5.74, 6) is -0.107. The van der Waals surface area contributed by atoms with Crippen molar-refractivity contribution in [1.29, 1.82) is 0 Å². The summed E-state index contributed by atoms with van der Waals surface area (Å²) in [5, 5.41) is 4.15. The normalized spacial score (nSPS) is 15.8. The maximum Gasteiger partial charge on any atom is 0.244 e. The third-order valence-electron chi connectivity index (χ3n) is 4.08. The van der Waals surface area contributed by atoms with Crippen LogP contribution in [0.4, 0.5) is 4.39 Å². The summed E-state index contributed by atoms with van der Waals surface area (Å²) in [6.07, 6.45) is 3.63. The Hall–Kier alpha value is -2.21. The number of carbonyl (C=O) groups is 1. The fourth-order valence-corrected chi connectivity index (χ4v) is 2.84. The van der Waals surface area contributed by atoms with Gasteiger partial charge in [-0.3, -0.25) is 14.4 Å². The molecule has 5 nitrogen and oxygen atoms in total. The highest BCUT2D eigenvalue weighted by Gasteiger charge is 2.21. The smallest absolute Gasteiger partial charge is 0.244 e. The third-order valence-corrected chi connectivity index (χ3v) is 4.08. The molecule has 1 aromatic carbocycles. The zero-order chi connectivity index (χ0) is 16.2. The van der Waals surface area contributed by atoms with Crippen LogP contribution in [-0.4, -0.2) is 51.7 Å². The Balaban J connectivity index is 1.49. The number of hydrogen-bond donors (Lipinski definition) is 0. The van der Waals surface area contributed by atoms with E-state index in [4.69, 9.17) is 0 Å². The van der Waals surface area contributed by atoms with E-state index in [1.54, 1.807) is 23.0 Å². The van der Waals surface area contributed by atoms with Crippen molar-refractivity contribution in [3.63, 3.8) is 0 Å². The topological polar surface area (TPSA) is 41.4 Å². The van der Waals surface area contributed by atoms with E-state index in [2.05, 4.69) is 10.00 Å². The summed E-state index contributed by atoms with van der Waals surface area (Å²) in [6, 6.07) is 6.69. The Morgan fingerprint density at radius 2 is 2.04 bits per heavy atom. The average Bonchev–Trinajstić information content (AvgIpc) is 2.93. The second kappa shape index (κ2) is 6.91. The molecule has 1 aliphatic rings. The van der Waals surface area contributed by atoms with E-state index in [1.807, 2.05) is 24.1 Å². The molecule has 0 saturated carbocycles. The summed E-state index contributed by atoms with van der Waals surface area (Å²) in [5.41, 5.74) is 2.02. The molecule has 0 radical (unpaired) electrons. The van der Waals surface area contributed by atoms with Gasteiger partial charge in [-0.15, -0.1) is 0 Å². The lowest BCUT2D eigenvalue weighted by molar-refractivity contribution is -0.133. The molecule has 2 heterocycles. The fraction of sp³-hybridized carbons (Fsp3) is 0.412. The molecule has 1 amide bonds. The number of nitrogens with zero attached hydrogens (tertiary/aromatic N) is 4. The zero-order valence-electron chi connectivity index (χ0n) is 13.3. The molecule has 1 saturated heterocycles. The van der Waals surface area contributed by atoms with Gasteiger partial charge in [0.1, 0.15) is 12.4 Å². The van der Waals surface area contributed by atoms with Gasteiger partial charge in [0.2, 0.25) is 5.91 Å². The molecule has 0 spiro atoms. The van der Waals surface area contributed by atoms with Crippen LogP contribution in [-0.2, 0) is 17.9 Å². The van der Waals surface area contributed by atoms with Gasteiger partial charge >= 0.3 is 0 Å². The molecule has 0 atom stereocenters. The van der Waals surface area contributed by atoms with Crippen LogP contribution in [0.5, 0.6) is 0 Å². The standard InChI is InChI=1S/C17H21FN4O/c1-14-10-19-22(11-14)13-17(23)21-7-5-20(6-8-21)12-15-3-2-4-16(18)9-15/h2-4,9-11H,5-8,12-13H2,1H3. The van der Waals surface area contributed by atoms with Crippen LogP contribution in [0, 0.1) is 12.7 Å². The van der Waals surface area contributed by atoms with E-state index < -0.39 is 0 Å². The minimum atomic E-state index is -0.203. The van der Waals surface area contributed by atoms with E-state index in [-0.39, 0.29) is 18.3 Å². The van der Waals surface area contributed by atoms with E-state index in [1.165, 1.54) is 6.07 Å². The van der Waals surface area contributed by atoms with Gasteiger partial charge in [-0.2, -0.15) is 5.10 Å². The van der Waals surface area contributed by atoms with Gasteiger partial charge in [0.05, 0.1) is 6.20 Å². The number of piperazine rings is 1. The quantitative estimate of drug-likeness (QED) is 0.862. The first-order chi connectivity index (χ1) is 11.1. The highest BCUT2D eigenvalue weighted by Crippen LogP contribution is 2.10. The van der Waals surface area contributed by atoms with Crippen molar-refractivity contribution in [1.82, 2.24) is 19.6 Å². The van der Waals surface area contributed by atoms with Crippen LogP contribution in [0.15, 0.2) is 36.7 Å². The molecule has 1 aromatic heterocycles. The van der Waals surface area contributed by atoms with Crippen LogP contribution < -0.4 is 0 Å². The highest BCUT2D eigenvalue weighted by atomic mass is 19.1. The lowest BCUT2D eigenvalue weighted by atomic mass is 10.2. The number of aromatic nitrogens is 2. The predicted octanol–water partition coefficient (Wildman–Crippen LogP) is 1.68. The summed E-state index contributed by atoms with van der Waals surface area (Å²) in [4.78, 5) is 16.4. The minimum Gasteiger partial charge on any atom is -0.339 e. The van der Waals surface area contributed by atoms with Gasteiger partial charge in [-0.25, -0.2) is 4.39 Å². The number of benzene rings is 1. The first kappa shape index (κ1) is 15.7. The van der Waals surface area contributed by atoms with E-state index >= 15 is 0 Å². The molecule has 6 heteroatoms. The van der Waals surface area contributed by atoms with Crippen LogP contribution in [0.1, 0.15) is 11.1 Å². The molecule has 2 aromatic rings. The van der Waals surface area contributed by atoms with Gasteiger partial charge in [-0.1, -0.05) is 12.1 Å². The highest BCUT2D eigenvalue weighted by molar-refractivity contribution is 5.76. The van der Waals surface area contributed by atoms with Gasteiger partial charge in [0.15, 0.2) is 0 Å². The number of amides is 1. The molecule has 23 heavy (non-hydrogen) atoms. The van der Waals surface area contributed by atoms with E-state index in [0.29, 0.717) is 13.1 Å². The van der Waals surface area contributed by atoms with Gasteiger partial charge in [0.25, 0.3) is 0 Å². The van der Waals surface area contributed by atoms with Gasteiger partial charge < -0.3 is 4.90 Å². The Kier molecular flexibility index (Phi) is 4.71. The van der Waals surface area contributed by atoms with Crippen molar-refractivity contribution in [2.24, 2.45) is 0 Å². The predicted molar refractivity (Wildman–Crippen MR) is 85.2 cm³/mol. The largest absolute Gasteiger partial charge is 0.339 e. The molecule has 3 rings (SSSR count). The van der Waals surface area contributed by atoms with E-state index in [9.17, 15) is 9.18 Å². The van der Waals surface area contributed by atoms with E-state index in [0.717, 1.165) is 30.8 Å². The average molecular weight is 316 g/mol. The van der Waals surface area contributed by atoms with Crippen molar-refractivity contribution >= 4 is 5.91 Å². The molecule has 1 aliphatic heterocycles. The summed E-state index contributed by atoms with van der Waals surface area (Å²) in [7, 11) is 0. The first-order valence-corrected chi connectivity index (χ1v) is 7.84. The lowest BCUT2D eigenvalue weighted by Crippen LogP contribution is -2.49. The number of hydrogen-bond acceptors (Lipinski definition) is 3. The third kappa shape index (κ3) is 4.16. The zero-order valence-corrected chi connectivity index (χ0v) is 13.3. The Morgan fingerprint density at radius 3 is 2.70 bits per heavy atom. The maximum absolute atomic E-state index is 13.2. The van der Waals surface area contributed by atoms with Gasteiger partial charge in [-0.05, 0) is 30.2 Å². The van der Waals surface area contributed by atoms with Crippen molar-refractivity contribution in [3.05, 3.63) is 53.6 Å². The summed E-state index contributed by atoms with van der Waals surface area (Å²) < 4.78 is 14.9. The summed E-state index contributed by atoms with van der Waals surface area (Å²) in [6.45, 7) is 5.98. The van der Waals surface area contributed by atoms with Crippen LogP contribution in [0.2, 0.25) is 0 Å². The molecule has 0 N–H and O–H groups in total. The van der Waals surface area contributed by atoms with Crippen molar-refractivity contribution in [2.75, 3.05) is 26.2 Å². The second-order valence-corrected chi connectivity index (χ2v) is 6.00. The summed E-state index contributed by atoms with van der Waals surface area (Å²) >= 11 is 0. The second-order valence-electron chi connectivity index (χ2n) is 6.00. The minimum absolute atomic E-state index is 0.0958. The van der Waals surface area contributed by atoms with Crippen LogP contribution in [0.3, 0.4) is 0 Å². The van der Waals surface area contributed by atoms with Crippen molar-refractivity contribution in [2.45, 2.75) is 20.0 Å². The number of carbonyl (C=O) groups excluding carboxylic acids is 1. The van der Waals surface area contributed by atoms with Crippen molar-refractivity contribution in [3.8, 4) is 0 Å². The molecular formula is C17H21FN4O. The molecule has 1 fully saturated rings. The molecule has 0 aliphatic carbocycles. The van der Waals surface area contributed by atoms with Crippen LogP contribution >= 0.6 is 0 Å². The number of rotatable bonds is 4. The molecule has 0 unspecified atom stereocenters. The van der Waals surface area contributed by atoms with Crippen molar-refractivity contribution < 1.29 is 9.18 Å². The number of halogens is 1. The first-order valence-electron chi connectivity index (χ1n) is 7.84. The number of aryl methyl sites for hydroxylation is 1. The molecule has 0 bridgehead atoms. The Bertz CT molecular complexity index is 677. The lowest BCUT2D eigenvalue weighted by Gasteiger charge is -2.34. The Morgan fingerprint density at radius 1 is 1.26 bits per heavy atom. The van der Waals surface area contributed by atoms with Crippen LogP contribution in [0.25, 0.3) is 0 Å². The SMILES string of the molecule is Cc1cnn(CC(=O)N2CCN(Cc3cccc(F)c3)CC2)c1. The molecular weight excluding hydrogens is 295 g/mol.